The zero-order chi connectivity index (χ0) is 22.0. The molecule has 0 saturated heterocycles. The molecule has 0 unspecified atom stereocenters. The number of halogens is 3. The Bertz CT molecular complexity index is 1130. The summed E-state index contributed by atoms with van der Waals surface area (Å²) in [6.07, 6.45) is -3.31. The minimum atomic E-state index is -4.58. The number of rotatable bonds is 4. The Morgan fingerprint density at radius 1 is 1.06 bits per heavy atom. The molecule has 160 valence electrons. The lowest BCUT2D eigenvalue weighted by atomic mass is 10.0. The second kappa shape index (κ2) is 8.17. The van der Waals surface area contributed by atoms with Crippen LogP contribution in [0.3, 0.4) is 0 Å². The van der Waals surface area contributed by atoms with E-state index >= 15 is 0 Å². The van der Waals surface area contributed by atoms with Crippen molar-refractivity contribution in [3.8, 4) is 28.5 Å². The van der Waals surface area contributed by atoms with E-state index in [4.69, 9.17) is 14.2 Å². The lowest BCUT2D eigenvalue weighted by Crippen LogP contribution is -2.16. The molecular weight excluding hydrogens is 413 g/mol. The average Bonchev–Trinajstić information content (AvgIpc) is 2.78. The van der Waals surface area contributed by atoms with Crippen LogP contribution in [-0.2, 0) is 6.18 Å². The Morgan fingerprint density at radius 2 is 1.84 bits per heavy atom. The number of alkyl halides is 3. The van der Waals surface area contributed by atoms with Crippen molar-refractivity contribution in [3.05, 3.63) is 65.9 Å². The molecule has 0 aliphatic carbocycles. The molecule has 31 heavy (non-hydrogen) atoms. The molecule has 0 spiro atoms. The molecule has 9 heteroatoms. The van der Waals surface area contributed by atoms with Crippen molar-refractivity contribution in [2.75, 3.05) is 25.6 Å². The Hall–Kier alpha value is -3.75. The molecule has 6 nitrogen and oxygen atoms in total. The quantitative estimate of drug-likeness (QED) is 0.644. The maximum absolute atomic E-state index is 13.4. The third-order valence-electron chi connectivity index (χ3n) is 4.63. The molecule has 3 aromatic rings. The number of aromatic nitrogens is 1. The van der Waals surface area contributed by atoms with Crippen molar-refractivity contribution in [1.29, 1.82) is 0 Å². The van der Waals surface area contributed by atoms with E-state index in [0.717, 1.165) is 6.07 Å². The van der Waals surface area contributed by atoms with Crippen molar-refractivity contribution >= 4 is 11.6 Å². The van der Waals surface area contributed by atoms with Gasteiger partial charge in [-0.05, 0) is 42.5 Å². The van der Waals surface area contributed by atoms with E-state index in [-0.39, 0.29) is 22.6 Å². The molecule has 0 radical (unpaired) electrons. The van der Waals surface area contributed by atoms with E-state index in [1.807, 2.05) is 0 Å². The summed E-state index contributed by atoms with van der Waals surface area (Å²) in [5, 5.41) is 2.73. The number of fused-ring (bicyclic) bond motifs is 1. The lowest BCUT2D eigenvalue weighted by molar-refractivity contribution is -0.137. The molecule has 0 atom stereocenters. The average molecular weight is 430 g/mol. The molecule has 0 saturated carbocycles. The Labute approximate surface area is 175 Å². The first-order valence-corrected chi connectivity index (χ1v) is 9.28. The van der Waals surface area contributed by atoms with Gasteiger partial charge in [-0.15, -0.1) is 0 Å². The monoisotopic (exact) mass is 430 g/mol. The standard InChI is InChI=1S/C22H17F3N2O4/c1-29-18-11-13(4-6-15(18)20-16(22(23,24)25)3-2-8-26-20)21(28)27-14-5-7-17-19(12-14)31-10-9-30-17/h2-8,11-12H,9-10H2,1H3,(H,27,28). The number of anilines is 1. The van der Waals surface area contributed by atoms with Crippen LogP contribution in [0.15, 0.2) is 54.7 Å². The summed E-state index contributed by atoms with van der Waals surface area (Å²) in [6, 6.07) is 11.3. The molecule has 2 heterocycles. The number of nitrogens with one attached hydrogen (secondary N) is 1. The highest BCUT2D eigenvalue weighted by molar-refractivity contribution is 6.05. The molecular formula is C22H17F3N2O4. The number of hydrogen-bond donors (Lipinski definition) is 1. The third kappa shape index (κ3) is 4.25. The van der Waals surface area contributed by atoms with Crippen molar-refractivity contribution in [2.24, 2.45) is 0 Å². The second-order valence-corrected chi connectivity index (χ2v) is 6.62. The minimum absolute atomic E-state index is 0.0963. The minimum Gasteiger partial charge on any atom is -0.496 e. The molecule has 1 aliphatic rings. The largest absolute Gasteiger partial charge is 0.496 e. The van der Waals surface area contributed by atoms with Gasteiger partial charge in [0.25, 0.3) is 5.91 Å². The van der Waals surface area contributed by atoms with Crippen LogP contribution in [0.5, 0.6) is 17.2 Å². The van der Waals surface area contributed by atoms with Gasteiger partial charge in [0.05, 0.1) is 18.4 Å². The van der Waals surface area contributed by atoms with Crippen LogP contribution >= 0.6 is 0 Å². The Balaban J connectivity index is 1.62. The van der Waals surface area contributed by atoms with E-state index < -0.39 is 17.6 Å². The van der Waals surface area contributed by atoms with Gasteiger partial charge in [-0.2, -0.15) is 13.2 Å². The summed E-state index contributed by atoms with van der Waals surface area (Å²) in [5.41, 5.74) is -0.333. The van der Waals surface area contributed by atoms with E-state index in [2.05, 4.69) is 10.3 Å². The van der Waals surface area contributed by atoms with Crippen LogP contribution in [0, 0.1) is 0 Å². The van der Waals surface area contributed by atoms with Crippen LogP contribution in [0.25, 0.3) is 11.3 Å². The molecule has 1 aromatic heterocycles. The van der Waals surface area contributed by atoms with Gasteiger partial charge in [0.2, 0.25) is 0 Å². The highest BCUT2D eigenvalue weighted by Gasteiger charge is 2.35. The lowest BCUT2D eigenvalue weighted by Gasteiger charge is -2.19. The number of carbonyl (C=O) groups excluding carboxylic acids is 1. The molecule has 1 amide bonds. The summed E-state index contributed by atoms with van der Waals surface area (Å²) in [4.78, 5) is 16.6. The van der Waals surface area contributed by atoms with Gasteiger partial charge in [-0.25, -0.2) is 0 Å². The third-order valence-corrected chi connectivity index (χ3v) is 4.63. The number of pyridine rings is 1. The van der Waals surface area contributed by atoms with Crippen LogP contribution < -0.4 is 19.5 Å². The van der Waals surface area contributed by atoms with Gasteiger partial charge >= 0.3 is 6.18 Å². The molecule has 0 bridgehead atoms. The first-order valence-electron chi connectivity index (χ1n) is 9.28. The predicted octanol–water partition coefficient (Wildman–Crippen LogP) is 4.80. The molecule has 1 N–H and O–H groups in total. The first kappa shape index (κ1) is 20.5. The molecule has 4 rings (SSSR count). The van der Waals surface area contributed by atoms with Crippen molar-refractivity contribution in [3.63, 3.8) is 0 Å². The summed E-state index contributed by atoms with van der Waals surface area (Å²) >= 11 is 0. The topological polar surface area (TPSA) is 69.7 Å². The number of carbonyl (C=O) groups is 1. The van der Waals surface area contributed by atoms with E-state index in [1.54, 1.807) is 18.2 Å². The van der Waals surface area contributed by atoms with Crippen molar-refractivity contribution < 1.29 is 32.2 Å². The van der Waals surface area contributed by atoms with E-state index in [1.165, 1.54) is 37.6 Å². The zero-order valence-electron chi connectivity index (χ0n) is 16.3. The van der Waals surface area contributed by atoms with Crippen LogP contribution in [0.1, 0.15) is 15.9 Å². The van der Waals surface area contributed by atoms with Gasteiger partial charge in [0, 0.05) is 29.1 Å². The summed E-state index contributed by atoms with van der Waals surface area (Å²) in [5.74, 6) is 0.746. The number of amides is 1. The number of nitrogens with zero attached hydrogens (tertiary/aromatic N) is 1. The number of ether oxygens (including phenoxy) is 3. The highest BCUT2D eigenvalue weighted by atomic mass is 19.4. The van der Waals surface area contributed by atoms with Crippen LogP contribution in [0.4, 0.5) is 18.9 Å². The van der Waals surface area contributed by atoms with Gasteiger partial charge in [-0.3, -0.25) is 9.78 Å². The predicted molar refractivity (Wildman–Crippen MR) is 107 cm³/mol. The van der Waals surface area contributed by atoms with Gasteiger partial charge in [-0.1, -0.05) is 0 Å². The SMILES string of the molecule is COc1cc(C(=O)Nc2ccc3c(c2)OCCO3)ccc1-c1ncccc1C(F)(F)F. The maximum Gasteiger partial charge on any atom is 0.418 e. The smallest absolute Gasteiger partial charge is 0.418 e. The first-order chi connectivity index (χ1) is 14.9. The fourth-order valence-corrected chi connectivity index (χ4v) is 3.20. The summed E-state index contributed by atoms with van der Waals surface area (Å²) in [7, 11) is 1.32. The zero-order valence-corrected chi connectivity index (χ0v) is 16.3. The summed E-state index contributed by atoms with van der Waals surface area (Å²) in [6.45, 7) is 0.869. The molecule has 1 aliphatic heterocycles. The van der Waals surface area contributed by atoms with Gasteiger partial charge in [0.15, 0.2) is 11.5 Å². The second-order valence-electron chi connectivity index (χ2n) is 6.62. The number of hydrogen-bond acceptors (Lipinski definition) is 5. The van der Waals surface area contributed by atoms with E-state index in [9.17, 15) is 18.0 Å². The van der Waals surface area contributed by atoms with Crippen molar-refractivity contribution in [1.82, 2.24) is 4.98 Å². The fourth-order valence-electron chi connectivity index (χ4n) is 3.20. The Morgan fingerprint density at radius 3 is 2.58 bits per heavy atom. The normalized spacial score (nSPS) is 12.9. The number of benzene rings is 2. The van der Waals surface area contributed by atoms with E-state index in [0.29, 0.717) is 30.4 Å². The fraction of sp³-hybridized carbons (Fsp3) is 0.182. The van der Waals surface area contributed by atoms with Crippen LogP contribution in [0.2, 0.25) is 0 Å². The molecule has 0 fully saturated rings. The maximum atomic E-state index is 13.4. The van der Waals surface area contributed by atoms with Gasteiger partial charge in [0.1, 0.15) is 19.0 Å². The number of methoxy groups -OCH3 is 1. The molecule has 2 aromatic carbocycles. The van der Waals surface area contributed by atoms with Gasteiger partial charge < -0.3 is 19.5 Å². The summed E-state index contributed by atoms with van der Waals surface area (Å²) < 4.78 is 56.3. The Kier molecular flexibility index (Phi) is 5.41. The van der Waals surface area contributed by atoms with Crippen molar-refractivity contribution in [2.45, 2.75) is 6.18 Å². The van der Waals surface area contributed by atoms with Crippen LogP contribution in [-0.4, -0.2) is 31.2 Å². The highest BCUT2D eigenvalue weighted by Crippen LogP contribution is 2.39.